The second kappa shape index (κ2) is 9.42. The fourth-order valence-corrected chi connectivity index (χ4v) is 3.92. The van der Waals surface area contributed by atoms with Gasteiger partial charge in [0.15, 0.2) is 23.0 Å². The maximum atomic E-state index is 12.9. The van der Waals surface area contributed by atoms with Crippen LogP contribution in [0.15, 0.2) is 66.4 Å². The van der Waals surface area contributed by atoms with E-state index in [-0.39, 0.29) is 17.7 Å². The second-order valence-electron chi connectivity index (χ2n) is 8.12. The van der Waals surface area contributed by atoms with E-state index in [0.717, 1.165) is 5.56 Å². The van der Waals surface area contributed by atoms with Gasteiger partial charge < -0.3 is 29.6 Å². The molecular weight excluding hydrogens is 448 g/mol. The van der Waals surface area contributed by atoms with Gasteiger partial charge in [0.05, 0.1) is 18.8 Å². The molecule has 3 aromatic carbocycles. The Morgan fingerprint density at radius 2 is 1.80 bits per heavy atom. The van der Waals surface area contributed by atoms with Gasteiger partial charge in [0.2, 0.25) is 0 Å². The Morgan fingerprint density at radius 3 is 2.63 bits per heavy atom. The summed E-state index contributed by atoms with van der Waals surface area (Å²) in [6, 6.07) is 17.6. The fraction of sp³-hybridized carbons (Fsp3) is 0.185. The third-order valence-electron chi connectivity index (χ3n) is 5.77. The Kier molecular flexibility index (Phi) is 6.01. The first kappa shape index (κ1) is 22.3. The number of methoxy groups -OCH3 is 1. The van der Waals surface area contributed by atoms with Crippen LogP contribution in [0, 0.1) is 0 Å². The van der Waals surface area contributed by atoms with E-state index in [2.05, 4.69) is 10.6 Å². The van der Waals surface area contributed by atoms with Crippen LogP contribution in [0.3, 0.4) is 0 Å². The van der Waals surface area contributed by atoms with Gasteiger partial charge in [0.1, 0.15) is 19.0 Å². The molecule has 0 saturated heterocycles. The van der Waals surface area contributed by atoms with Crippen LogP contribution >= 0.6 is 0 Å². The fourth-order valence-electron chi connectivity index (χ4n) is 3.92. The number of benzene rings is 3. The lowest BCUT2D eigenvalue weighted by Crippen LogP contribution is -2.28. The van der Waals surface area contributed by atoms with Crippen molar-refractivity contribution >= 4 is 23.6 Å². The summed E-state index contributed by atoms with van der Waals surface area (Å²) in [7, 11) is 1.57. The summed E-state index contributed by atoms with van der Waals surface area (Å²) in [4.78, 5) is 25.6. The quantitative estimate of drug-likeness (QED) is 0.537. The summed E-state index contributed by atoms with van der Waals surface area (Å²) in [6.07, 6.45) is 1.62. The zero-order chi connectivity index (χ0) is 24.4. The molecule has 0 spiro atoms. The van der Waals surface area contributed by atoms with E-state index in [1.54, 1.807) is 37.5 Å². The number of carbonyl (C=O) groups is 2. The Labute approximate surface area is 202 Å². The van der Waals surface area contributed by atoms with Crippen LogP contribution in [-0.4, -0.2) is 32.1 Å². The molecule has 2 aliphatic rings. The lowest BCUT2D eigenvalue weighted by molar-refractivity contribution is -0.115. The van der Waals surface area contributed by atoms with Crippen molar-refractivity contribution in [1.29, 1.82) is 0 Å². The van der Waals surface area contributed by atoms with Crippen molar-refractivity contribution in [2.45, 2.75) is 13.0 Å². The van der Waals surface area contributed by atoms with E-state index in [1.807, 2.05) is 43.3 Å². The average molecular weight is 472 g/mol. The van der Waals surface area contributed by atoms with E-state index in [1.165, 1.54) is 0 Å². The molecule has 2 amide bonds. The van der Waals surface area contributed by atoms with E-state index in [4.69, 9.17) is 18.9 Å². The number of hydrogen-bond donors (Lipinski definition) is 2. The molecule has 178 valence electrons. The monoisotopic (exact) mass is 472 g/mol. The number of carbonyl (C=O) groups excluding carboxylic acids is 2. The van der Waals surface area contributed by atoms with E-state index >= 15 is 0 Å². The summed E-state index contributed by atoms with van der Waals surface area (Å²) in [5.74, 6) is 1.88. The molecule has 2 heterocycles. The Balaban J connectivity index is 1.31. The number of fused-ring (bicyclic) bond motifs is 2. The molecule has 0 aromatic heterocycles. The number of rotatable bonds is 5. The molecule has 0 saturated carbocycles. The van der Waals surface area contributed by atoms with Gasteiger partial charge in [-0.15, -0.1) is 0 Å². The highest BCUT2D eigenvalue weighted by Crippen LogP contribution is 2.34. The molecule has 0 bridgehead atoms. The lowest BCUT2D eigenvalue weighted by Gasteiger charge is -2.22. The van der Waals surface area contributed by atoms with Crippen molar-refractivity contribution < 1.29 is 28.5 Å². The molecular formula is C27H24N2O6. The Bertz CT molecular complexity index is 1330. The molecule has 2 aliphatic heterocycles. The summed E-state index contributed by atoms with van der Waals surface area (Å²) < 4.78 is 22.3. The summed E-state index contributed by atoms with van der Waals surface area (Å²) >= 11 is 0. The molecule has 0 aliphatic carbocycles. The maximum absolute atomic E-state index is 12.9. The third-order valence-corrected chi connectivity index (χ3v) is 5.77. The molecule has 8 nitrogen and oxygen atoms in total. The third kappa shape index (κ3) is 4.63. The molecule has 0 radical (unpaired) electrons. The van der Waals surface area contributed by atoms with E-state index in [9.17, 15) is 9.59 Å². The van der Waals surface area contributed by atoms with Gasteiger partial charge >= 0.3 is 0 Å². The van der Waals surface area contributed by atoms with Crippen LogP contribution in [0.25, 0.3) is 6.08 Å². The molecule has 1 atom stereocenters. The Hall–Kier alpha value is -4.46. The van der Waals surface area contributed by atoms with Gasteiger partial charge in [-0.1, -0.05) is 24.3 Å². The van der Waals surface area contributed by atoms with Crippen LogP contribution in [0.2, 0.25) is 0 Å². The topological polar surface area (TPSA) is 95.1 Å². The highest BCUT2D eigenvalue weighted by Gasteiger charge is 2.24. The van der Waals surface area contributed by atoms with E-state index in [0.29, 0.717) is 53.0 Å². The average Bonchev–Trinajstić information content (AvgIpc) is 2.88. The van der Waals surface area contributed by atoms with Crippen molar-refractivity contribution in [1.82, 2.24) is 5.32 Å². The first-order valence-corrected chi connectivity index (χ1v) is 11.2. The maximum Gasteiger partial charge on any atom is 0.291 e. The standard InChI is InChI=1S/C27H24N2O6/c1-16(17-7-10-23-24(14-17)34-12-11-33-23)28-26(30)19-8-9-22-20(13-19)29-27(31)25(35-22)15-18-5-3-4-6-21(18)32-2/h3-10,13-16H,11-12H2,1-2H3,(H,28,30)(H,29,31)/b25-15+. The molecule has 35 heavy (non-hydrogen) atoms. The first-order chi connectivity index (χ1) is 17.0. The largest absolute Gasteiger partial charge is 0.496 e. The predicted molar refractivity (Wildman–Crippen MR) is 130 cm³/mol. The van der Waals surface area contributed by atoms with Gasteiger partial charge in [-0.3, -0.25) is 9.59 Å². The number of ether oxygens (including phenoxy) is 4. The summed E-state index contributed by atoms with van der Waals surface area (Å²) in [5.41, 5.74) is 2.43. The highest BCUT2D eigenvalue weighted by atomic mass is 16.6. The zero-order valence-electron chi connectivity index (χ0n) is 19.3. The minimum atomic E-state index is -0.411. The van der Waals surface area contributed by atoms with E-state index < -0.39 is 5.91 Å². The molecule has 5 rings (SSSR count). The van der Waals surface area contributed by atoms with Crippen LogP contribution < -0.4 is 29.6 Å². The van der Waals surface area contributed by atoms with Crippen LogP contribution in [0.5, 0.6) is 23.0 Å². The van der Waals surface area contributed by atoms with Gasteiger partial charge in [0, 0.05) is 11.1 Å². The van der Waals surface area contributed by atoms with Gasteiger partial charge in [0.25, 0.3) is 11.8 Å². The van der Waals surface area contributed by atoms with Crippen molar-refractivity contribution in [3.63, 3.8) is 0 Å². The van der Waals surface area contributed by atoms with Crippen molar-refractivity contribution in [2.24, 2.45) is 0 Å². The second-order valence-corrected chi connectivity index (χ2v) is 8.12. The molecule has 3 aromatic rings. The SMILES string of the molecule is COc1ccccc1/C=C1/Oc2ccc(C(=O)NC(C)c3ccc4c(c3)OCCO4)cc2NC1=O. The summed E-state index contributed by atoms with van der Waals surface area (Å²) in [6.45, 7) is 2.91. The van der Waals surface area contributed by atoms with Crippen molar-refractivity contribution in [3.05, 3.63) is 83.1 Å². The Morgan fingerprint density at radius 1 is 1.03 bits per heavy atom. The smallest absolute Gasteiger partial charge is 0.291 e. The minimum Gasteiger partial charge on any atom is -0.496 e. The molecule has 2 N–H and O–H groups in total. The molecule has 0 fully saturated rings. The van der Waals surface area contributed by atoms with Gasteiger partial charge in [-0.05, 0) is 55.0 Å². The summed E-state index contributed by atoms with van der Waals surface area (Å²) in [5, 5.41) is 5.78. The van der Waals surface area contributed by atoms with Crippen molar-refractivity contribution in [2.75, 3.05) is 25.6 Å². The number of anilines is 1. The number of hydrogen-bond acceptors (Lipinski definition) is 6. The van der Waals surface area contributed by atoms with Gasteiger partial charge in [-0.2, -0.15) is 0 Å². The van der Waals surface area contributed by atoms with Crippen molar-refractivity contribution in [3.8, 4) is 23.0 Å². The minimum absolute atomic E-state index is 0.131. The molecule has 1 unspecified atom stereocenters. The van der Waals surface area contributed by atoms with Crippen LogP contribution in [0.1, 0.15) is 34.5 Å². The lowest BCUT2D eigenvalue weighted by atomic mass is 10.1. The normalized spacial score (nSPS) is 15.9. The van der Waals surface area contributed by atoms with Crippen LogP contribution in [-0.2, 0) is 4.79 Å². The van der Waals surface area contributed by atoms with Crippen LogP contribution in [0.4, 0.5) is 5.69 Å². The number of nitrogens with one attached hydrogen (secondary N) is 2. The predicted octanol–water partition coefficient (Wildman–Crippen LogP) is 4.33. The highest BCUT2D eigenvalue weighted by molar-refractivity contribution is 6.09. The zero-order valence-corrected chi connectivity index (χ0v) is 19.3. The van der Waals surface area contributed by atoms with Gasteiger partial charge in [-0.25, -0.2) is 0 Å². The first-order valence-electron chi connectivity index (χ1n) is 11.2. The molecule has 8 heteroatoms. The number of para-hydroxylation sites is 1. The number of amides is 2.